The lowest BCUT2D eigenvalue weighted by molar-refractivity contribution is 0.733. The lowest BCUT2D eigenvalue weighted by atomic mass is 9.99. The van der Waals surface area contributed by atoms with Crippen molar-refractivity contribution in [2.24, 2.45) is 7.05 Å². The molecule has 1 atom stereocenters. The molecule has 144 valence electrons. The maximum Gasteiger partial charge on any atom is 0.159 e. The molecule has 0 N–H and O–H groups in total. The maximum absolute atomic E-state index is 5.10. The first kappa shape index (κ1) is 19.5. The number of fused-ring (bicyclic) bond motifs is 1. The standard InChI is InChI=1S/C23H32N4/c1-8-15(6)17-13-27(7)23-22(17)25-19(10-3)21(26-23)16-11-12-20(14(4)5)24-18(16)9-2/h11-15H,8-10H2,1-7H3/t15-/m1/s1. The van der Waals surface area contributed by atoms with Crippen molar-refractivity contribution in [1.82, 2.24) is 19.5 Å². The zero-order valence-corrected chi connectivity index (χ0v) is 17.8. The zero-order chi connectivity index (χ0) is 19.7. The second kappa shape index (κ2) is 7.79. The molecule has 0 saturated heterocycles. The van der Waals surface area contributed by atoms with Crippen molar-refractivity contribution in [2.75, 3.05) is 0 Å². The van der Waals surface area contributed by atoms with Gasteiger partial charge >= 0.3 is 0 Å². The summed E-state index contributed by atoms with van der Waals surface area (Å²) in [5.41, 5.74) is 8.74. The Labute approximate surface area is 163 Å². The van der Waals surface area contributed by atoms with E-state index in [2.05, 4.69) is 71.5 Å². The van der Waals surface area contributed by atoms with E-state index in [-0.39, 0.29) is 0 Å². The van der Waals surface area contributed by atoms with Crippen LogP contribution >= 0.6 is 0 Å². The molecule has 27 heavy (non-hydrogen) atoms. The summed E-state index contributed by atoms with van der Waals surface area (Å²) in [7, 11) is 2.07. The summed E-state index contributed by atoms with van der Waals surface area (Å²) in [5, 5.41) is 0. The summed E-state index contributed by atoms with van der Waals surface area (Å²) in [6, 6.07) is 4.33. The van der Waals surface area contributed by atoms with Gasteiger partial charge in [-0.15, -0.1) is 0 Å². The first-order valence-electron chi connectivity index (χ1n) is 10.3. The monoisotopic (exact) mass is 364 g/mol. The highest BCUT2D eigenvalue weighted by Gasteiger charge is 2.20. The smallest absolute Gasteiger partial charge is 0.159 e. The Morgan fingerprint density at radius 2 is 1.63 bits per heavy atom. The van der Waals surface area contributed by atoms with Crippen LogP contribution in [0.1, 0.15) is 82.4 Å². The Kier molecular flexibility index (Phi) is 5.64. The Morgan fingerprint density at radius 1 is 0.926 bits per heavy atom. The van der Waals surface area contributed by atoms with Crippen molar-refractivity contribution in [3.8, 4) is 11.3 Å². The molecule has 3 aromatic heterocycles. The normalized spacial score (nSPS) is 12.9. The third-order valence-electron chi connectivity index (χ3n) is 5.55. The van der Waals surface area contributed by atoms with Gasteiger partial charge in [-0.3, -0.25) is 4.98 Å². The van der Waals surface area contributed by atoms with Crippen molar-refractivity contribution in [3.05, 3.63) is 41.0 Å². The van der Waals surface area contributed by atoms with Crippen LogP contribution in [0.2, 0.25) is 0 Å². The Balaban J connectivity index is 2.25. The van der Waals surface area contributed by atoms with E-state index in [1.807, 2.05) is 0 Å². The van der Waals surface area contributed by atoms with Crippen LogP contribution in [0.25, 0.3) is 22.4 Å². The Hall–Kier alpha value is -2.23. The van der Waals surface area contributed by atoms with E-state index in [1.54, 1.807) is 0 Å². The average Bonchev–Trinajstić information content (AvgIpc) is 3.01. The van der Waals surface area contributed by atoms with Gasteiger partial charge in [0, 0.05) is 35.8 Å². The lowest BCUT2D eigenvalue weighted by Gasteiger charge is -2.14. The summed E-state index contributed by atoms with van der Waals surface area (Å²) in [6.07, 6.45) is 5.06. The molecule has 0 radical (unpaired) electrons. The Bertz CT molecular complexity index is 953. The Morgan fingerprint density at radius 3 is 2.22 bits per heavy atom. The third kappa shape index (κ3) is 3.50. The summed E-state index contributed by atoms with van der Waals surface area (Å²) in [4.78, 5) is 15.1. The fourth-order valence-corrected chi connectivity index (χ4v) is 3.60. The molecule has 3 rings (SSSR count). The molecule has 0 aromatic carbocycles. The first-order chi connectivity index (χ1) is 12.9. The van der Waals surface area contributed by atoms with Gasteiger partial charge < -0.3 is 4.57 Å². The second-order valence-electron chi connectivity index (χ2n) is 7.79. The van der Waals surface area contributed by atoms with Gasteiger partial charge in [0.2, 0.25) is 0 Å². The van der Waals surface area contributed by atoms with Crippen LogP contribution in [0, 0.1) is 0 Å². The fourth-order valence-electron chi connectivity index (χ4n) is 3.60. The molecular weight excluding hydrogens is 332 g/mol. The minimum atomic E-state index is 0.425. The first-order valence-corrected chi connectivity index (χ1v) is 10.3. The van der Waals surface area contributed by atoms with Gasteiger partial charge in [-0.1, -0.05) is 41.5 Å². The molecular formula is C23H32N4. The van der Waals surface area contributed by atoms with Crippen LogP contribution in [0.5, 0.6) is 0 Å². The van der Waals surface area contributed by atoms with E-state index in [1.165, 1.54) is 5.56 Å². The zero-order valence-electron chi connectivity index (χ0n) is 17.8. The molecule has 0 amide bonds. The van der Waals surface area contributed by atoms with Crippen molar-refractivity contribution in [1.29, 1.82) is 0 Å². The predicted molar refractivity (Wildman–Crippen MR) is 113 cm³/mol. The molecule has 3 heterocycles. The van der Waals surface area contributed by atoms with Crippen LogP contribution in [-0.4, -0.2) is 19.5 Å². The average molecular weight is 365 g/mol. The largest absolute Gasteiger partial charge is 0.334 e. The highest BCUT2D eigenvalue weighted by Crippen LogP contribution is 2.32. The summed E-state index contributed by atoms with van der Waals surface area (Å²) < 4.78 is 2.12. The van der Waals surface area contributed by atoms with E-state index in [9.17, 15) is 0 Å². The third-order valence-corrected chi connectivity index (χ3v) is 5.55. The number of pyridine rings is 1. The van der Waals surface area contributed by atoms with Crippen molar-refractivity contribution >= 4 is 11.2 Å². The van der Waals surface area contributed by atoms with Crippen molar-refractivity contribution in [3.63, 3.8) is 0 Å². The van der Waals surface area contributed by atoms with Crippen LogP contribution in [0.3, 0.4) is 0 Å². The van der Waals surface area contributed by atoms with Crippen LogP contribution < -0.4 is 0 Å². The van der Waals surface area contributed by atoms with E-state index in [0.29, 0.717) is 11.8 Å². The highest BCUT2D eigenvalue weighted by molar-refractivity contribution is 5.80. The van der Waals surface area contributed by atoms with Crippen molar-refractivity contribution in [2.45, 2.75) is 72.6 Å². The highest BCUT2D eigenvalue weighted by atomic mass is 15.0. The number of aryl methyl sites for hydroxylation is 3. The molecule has 0 fully saturated rings. The number of aromatic nitrogens is 4. The molecule has 0 saturated carbocycles. The number of hydrogen-bond acceptors (Lipinski definition) is 3. The second-order valence-corrected chi connectivity index (χ2v) is 7.79. The van der Waals surface area contributed by atoms with Crippen molar-refractivity contribution < 1.29 is 0 Å². The van der Waals surface area contributed by atoms with Gasteiger partial charge in [0.25, 0.3) is 0 Å². The van der Waals surface area contributed by atoms with Gasteiger partial charge in [-0.25, -0.2) is 9.97 Å². The van der Waals surface area contributed by atoms with Crippen LogP contribution in [0.4, 0.5) is 0 Å². The quantitative estimate of drug-likeness (QED) is 0.556. The molecule has 4 heteroatoms. The lowest BCUT2D eigenvalue weighted by Crippen LogP contribution is -2.05. The van der Waals surface area contributed by atoms with Gasteiger partial charge in [-0.2, -0.15) is 0 Å². The van der Waals surface area contributed by atoms with E-state index in [0.717, 1.165) is 58.8 Å². The molecule has 0 aliphatic carbocycles. The molecule has 0 aliphatic heterocycles. The minimum Gasteiger partial charge on any atom is -0.334 e. The predicted octanol–water partition coefficient (Wildman–Crippen LogP) is 5.79. The van der Waals surface area contributed by atoms with Gasteiger partial charge in [0.1, 0.15) is 5.52 Å². The molecule has 3 aromatic rings. The minimum absolute atomic E-state index is 0.425. The van der Waals surface area contributed by atoms with E-state index < -0.39 is 0 Å². The van der Waals surface area contributed by atoms with Gasteiger partial charge in [0.15, 0.2) is 5.65 Å². The SMILES string of the molecule is CCc1nc(C(C)C)ccc1-c1nc2c(nc1CC)c([C@H](C)CC)cn2C. The number of nitrogens with zero attached hydrogens (tertiary/aromatic N) is 4. The van der Waals surface area contributed by atoms with Crippen LogP contribution in [0.15, 0.2) is 18.3 Å². The summed E-state index contributed by atoms with van der Waals surface area (Å²) in [5.74, 6) is 0.909. The van der Waals surface area contributed by atoms with Gasteiger partial charge in [-0.05, 0) is 43.2 Å². The number of hydrogen-bond donors (Lipinski definition) is 0. The molecule has 4 nitrogen and oxygen atoms in total. The molecule has 0 unspecified atom stereocenters. The van der Waals surface area contributed by atoms with Crippen LogP contribution in [-0.2, 0) is 19.9 Å². The van der Waals surface area contributed by atoms with E-state index in [4.69, 9.17) is 15.0 Å². The maximum atomic E-state index is 5.10. The van der Waals surface area contributed by atoms with E-state index >= 15 is 0 Å². The fraction of sp³-hybridized carbons (Fsp3) is 0.522. The number of rotatable bonds is 6. The molecule has 0 aliphatic rings. The summed E-state index contributed by atoms with van der Waals surface area (Å²) >= 11 is 0. The summed E-state index contributed by atoms with van der Waals surface area (Å²) in [6.45, 7) is 13.2. The topological polar surface area (TPSA) is 43.6 Å². The molecule has 0 spiro atoms. The van der Waals surface area contributed by atoms with Gasteiger partial charge in [0.05, 0.1) is 11.4 Å². The molecule has 0 bridgehead atoms.